The van der Waals surface area contributed by atoms with Gasteiger partial charge in [-0.05, 0) is 37.6 Å². The number of benzene rings is 2. The predicted molar refractivity (Wildman–Crippen MR) is 116 cm³/mol. The van der Waals surface area contributed by atoms with Crippen molar-refractivity contribution in [3.05, 3.63) is 67.6 Å². The van der Waals surface area contributed by atoms with Gasteiger partial charge in [0.25, 0.3) is 0 Å². The molecule has 8 heteroatoms. The molecule has 0 saturated heterocycles. The third kappa shape index (κ3) is 5.65. The topological polar surface area (TPSA) is 69.5 Å². The minimum atomic E-state index is -0.590. The maximum absolute atomic E-state index is 12.1. The number of rotatable bonds is 7. The number of aryl methyl sites for hydroxylation is 1. The monoisotopic (exact) mass is 510 g/mol. The van der Waals surface area contributed by atoms with Crippen LogP contribution in [0.4, 0.5) is 0 Å². The number of carbonyl (C=O) groups excluding carboxylic acids is 1. The molecule has 28 heavy (non-hydrogen) atoms. The molecule has 0 saturated carbocycles. The van der Waals surface area contributed by atoms with Crippen molar-refractivity contribution in [3.63, 3.8) is 0 Å². The van der Waals surface area contributed by atoms with Crippen molar-refractivity contribution in [1.82, 2.24) is 0 Å². The maximum atomic E-state index is 12.1. The molecule has 0 atom stereocenters. The first kappa shape index (κ1) is 22.1. The van der Waals surface area contributed by atoms with Crippen molar-refractivity contribution in [2.24, 2.45) is 10.3 Å². The van der Waals surface area contributed by atoms with Crippen LogP contribution in [0.2, 0.25) is 0 Å². The molecular weight excluding hydrogens is 492 g/mol. The van der Waals surface area contributed by atoms with Crippen LogP contribution in [0.25, 0.3) is 0 Å². The van der Waals surface area contributed by atoms with Gasteiger partial charge in [0.15, 0.2) is 5.71 Å². The van der Waals surface area contributed by atoms with Gasteiger partial charge in [0.1, 0.15) is 13.7 Å². The van der Waals surface area contributed by atoms with Crippen LogP contribution < -0.4 is 0 Å². The minimum Gasteiger partial charge on any atom is -0.464 e. The van der Waals surface area contributed by atoms with Gasteiger partial charge in [-0.2, -0.15) is 0 Å². The summed E-state index contributed by atoms with van der Waals surface area (Å²) < 4.78 is 6.68. The van der Waals surface area contributed by atoms with E-state index in [1.807, 2.05) is 44.2 Å². The number of ether oxygens (including phenoxy) is 1. The van der Waals surface area contributed by atoms with E-state index in [0.29, 0.717) is 5.56 Å². The van der Waals surface area contributed by atoms with Crippen LogP contribution in [0, 0.1) is 6.92 Å². The van der Waals surface area contributed by atoms with Crippen molar-refractivity contribution in [1.29, 1.82) is 0 Å². The van der Waals surface area contributed by atoms with E-state index in [1.165, 1.54) is 14.2 Å². The molecule has 0 unspecified atom stereocenters. The third-order valence-electron chi connectivity index (χ3n) is 3.92. The maximum Gasteiger partial charge on any atom is 0.360 e. The molecule has 0 radical (unpaired) electrons. The zero-order valence-electron chi connectivity index (χ0n) is 16.0. The number of halogens is 2. The van der Waals surface area contributed by atoms with Crippen molar-refractivity contribution in [3.8, 4) is 0 Å². The van der Waals surface area contributed by atoms with E-state index in [9.17, 15) is 4.79 Å². The summed E-state index contributed by atoms with van der Waals surface area (Å²) in [5, 5.41) is 8.03. The van der Waals surface area contributed by atoms with E-state index in [1.54, 1.807) is 6.07 Å². The highest BCUT2D eigenvalue weighted by molar-refractivity contribution is 9.11. The number of oxime groups is 2. The van der Waals surface area contributed by atoms with Crippen LogP contribution in [-0.2, 0) is 25.8 Å². The molecule has 0 spiro atoms. The molecule has 0 aliphatic carbocycles. The first-order valence-electron chi connectivity index (χ1n) is 8.28. The second-order valence-corrected chi connectivity index (χ2v) is 7.65. The van der Waals surface area contributed by atoms with Crippen LogP contribution >= 0.6 is 31.9 Å². The van der Waals surface area contributed by atoms with Crippen LogP contribution in [0.1, 0.15) is 29.2 Å². The number of hydrogen-bond donors (Lipinski definition) is 0. The van der Waals surface area contributed by atoms with Crippen LogP contribution in [0.3, 0.4) is 0 Å². The lowest BCUT2D eigenvalue weighted by Gasteiger charge is -2.12. The van der Waals surface area contributed by atoms with E-state index in [-0.39, 0.29) is 12.3 Å². The summed E-state index contributed by atoms with van der Waals surface area (Å²) in [6.45, 7) is 3.94. The summed E-state index contributed by atoms with van der Waals surface area (Å²) in [5.41, 5.74) is 3.99. The van der Waals surface area contributed by atoms with Gasteiger partial charge in [-0.15, -0.1) is 0 Å². The fourth-order valence-electron chi connectivity index (χ4n) is 2.51. The van der Waals surface area contributed by atoms with E-state index >= 15 is 0 Å². The Labute approximate surface area is 180 Å². The van der Waals surface area contributed by atoms with Crippen molar-refractivity contribution in [2.75, 3.05) is 14.2 Å². The minimum absolute atomic E-state index is 0.0731. The molecule has 6 nitrogen and oxygen atoms in total. The fourth-order valence-corrected chi connectivity index (χ4v) is 3.80. The zero-order valence-corrected chi connectivity index (χ0v) is 19.1. The van der Waals surface area contributed by atoms with Crippen molar-refractivity contribution in [2.45, 2.75) is 20.5 Å². The molecule has 0 aliphatic rings. The quantitative estimate of drug-likeness (QED) is 0.298. The molecule has 0 fully saturated rings. The Morgan fingerprint density at radius 1 is 1.07 bits per heavy atom. The van der Waals surface area contributed by atoms with E-state index in [4.69, 9.17) is 14.4 Å². The summed E-state index contributed by atoms with van der Waals surface area (Å²) in [7, 11) is 2.67. The van der Waals surface area contributed by atoms with Gasteiger partial charge in [0.05, 0.1) is 12.8 Å². The molecule has 148 valence electrons. The Bertz CT molecular complexity index is 906. The average Bonchev–Trinajstić information content (AvgIpc) is 2.66. The standard InChI is InChI=1S/C20H20Br2N2O4/c1-12-6-5-7-17(19(24-27-4)20(25)26-3)18(12)11-28-23-13(2)14-8-15(21)10-16(22)9-14/h5-10H,11H2,1-4H3/b23-13+,24-19+. The second-order valence-electron chi connectivity index (χ2n) is 5.82. The largest absolute Gasteiger partial charge is 0.464 e. The Balaban J connectivity index is 2.29. The normalized spacial score (nSPS) is 11.9. The molecule has 0 aromatic heterocycles. The Morgan fingerprint density at radius 2 is 1.75 bits per heavy atom. The van der Waals surface area contributed by atoms with Gasteiger partial charge in [0.2, 0.25) is 0 Å². The smallest absolute Gasteiger partial charge is 0.360 e. The SMILES string of the molecule is CO/N=C(/C(=O)OC)c1cccc(C)c1CO/N=C(\C)c1cc(Br)cc(Br)c1. The van der Waals surface area contributed by atoms with Crippen LogP contribution in [-0.4, -0.2) is 31.6 Å². The molecule has 0 amide bonds. The molecule has 0 bridgehead atoms. The van der Waals surface area contributed by atoms with Gasteiger partial charge >= 0.3 is 5.97 Å². The summed E-state index contributed by atoms with van der Waals surface area (Å²) in [6.07, 6.45) is 0. The lowest BCUT2D eigenvalue weighted by atomic mass is 9.99. The van der Waals surface area contributed by atoms with E-state index in [0.717, 1.165) is 31.3 Å². The first-order chi connectivity index (χ1) is 13.4. The third-order valence-corrected chi connectivity index (χ3v) is 4.83. The molecule has 0 heterocycles. The predicted octanol–water partition coefficient (Wildman–Crippen LogP) is 4.98. The van der Waals surface area contributed by atoms with Crippen LogP contribution in [0.15, 0.2) is 55.7 Å². The number of hydrogen-bond acceptors (Lipinski definition) is 6. The summed E-state index contributed by atoms with van der Waals surface area (Å²) >= 11 is 6.92. The number of methoxy groups -OCH3 is 1. The van der Waals surface area contributed by atoms with Crippen LogP contribution in [0.5, 0.6) is 0 Å². The van der Waals surface area contributed by atoms with E-state index < -0.39 is 5.97 Å². The summed E-state index contributed by atoms with van der Waals surface area (Å²) in [6, 6.07) is 11.4. The summed E-state index contributed by atoms with van der Waals surface area (Å²) in [4.78, 5) is 22.5. The van der Waals surface area contributed by atoms with Gasteiger partial charge in [-0.3, -0.25) is 0 Å². The van der Waals surface area contributed by atoms with Gasteiger partial charge in [-0.25, -0.2) is 4.79 Å². The summed E-state index contributed by atoms with van der Waals surface area (Å²) in [5.74, 6) is -0.590. The molecule has 2 aromatic carbocycles. The lowest BCUT2D eigenvalue weighted by molar-refractivity contribution is -0.132. The van der Waals surface area contributed by atoms with Gasteiger partial charge < -0.3 is 14.4 Å². The fraction of sp³-hybridized carbons (Fsp3) is 0.250. The molecule has 2 rings (SSSR count). The highest BCUT2D eigenvalue weighted by Crippen LogP contribution is 2.21. The number of carbonyl (C=O) groups is 1. The van der Waals surface area contributed by atoms with Gasteiger partial charge in [-0.1, -0.05) is 60.4 Å². The highest BCUT2D eigenvalue weighted by atomic mass is 79.9. The zero-order chi connectivity index (χ0) is 20.7. The Morgan fingerprint density at radius 3 is 2.36 bits per heavy atom. The molecule has 0 N–H and O–H groups in total. The molecule has 2 aromatic rings. The Kier molecular flexibility index (Phi) is 8.19. The first-order valence-corrected chi connectivity index (χ1v) is 9.87. The lowest BCUT2D eigenvalue weighted by Crippen LogP contribution is -2.20. The number of nitrogens with zero attached hydrogens (tertiary/aromatic N) is 2. The highest BCUT2D eigenvalue weighted by Gasteiger charge is 2.20. The average molecular weight is 512 g/mol. The number of esters is 1. The Hall–Kier alpha value is -2.19. The van der Waals surface area contributed by atoms with E-state index in [2.05, 4.69) is 42.2 Å². The molecular formula is C20H20Br2N2O4. The van der Waals surface area contributed by atoms with Gasteiger partial charge in [0, 0.05) is 25.6 Å². The van der Waals surface area contributed by atoms with Crippen molar-refractivity contribution < 1.29 is 19.2 Å². The molecule has 0 aliphatic heterocycles. The second kappa shape index (κ2) is 10.4. The van der Waals surface area contributed by atoms with Crippen molar-refractivity contribution >= 4 is 49.3 Å².